The van der Waals surface area contributed by atoms with Crippen LogP contribution in [0, 0.1) is 11.3 Å². The largest absolute Gasteiger partial charge is 0.401 e. The van der Waals surface area contributed by atoms with Crippen LogP contribution in [0.25, 0.3) is 0 Å². The molecule has 0 saturated heterocycles. The maximum absolute atomic E-state index is 11.8. The molecular formula is C11H10F3N3O. The van der Waals surface area contributed by atoms with Crippen LogP contribution in [0.2, 0.25) is 0 Å². The number of nitrogens with one attached hydrogen (secondary N) is 2. The van der Waals surface area contributed by atoms with Gasteiger partial charge < -0.3 is 10.6 Å². The number of halogens is 3. The van der Waals surface area contributed by atoms with Gasteiger partial charge in [-0.05, 0) is 12.1 Å². The average molecular weight is 257 g/mol. The second-order valence-corrected chi connectivity index (χ2v) is 3.42. The number of nitriles is 1. The zero-order chi connectivity index (χ0) is 13.6. The van der Waals surface area contributed by atoms with Gasteiger partial charge in [0, 0.05) is 0 Å². The number of carbonyl (C=O) groups is 1. The van der Waals surface area contributed by atoms with Crippen molar-refractivity contribution in [3.05, 3.63) is 29.8 Å². The highest BCUT2D eigenvalue weighted by Gasteiger charge is 2.26. The molecular weight excluding hydrogens is 247 g/mol. The Bertz CT molecular complexity index is 465. The Labute approximate surface area is 101 Å². The van der Waals surface area contributed by atoms with Gasteiger partial charge in [-0.1, -0.05) is 12.1 Å². The van der Waals surface area contributed by atoms with Gasteiger partial charge in [0.2, 0.25) is 5.91 Å². The van der Waals surface area contributed by atoms with Crippen LogP contribution in [0.1, 0.15) is 5.56 Å². The van der Waals surface area contributed by atoms with E-state index in [-0.39, 0.29) is 11.3 Å². The Morgan fingerprint density at radius 1 is 1.33 bits per heavy atom. The number of amides is 1. The number of para-hydroxylation sites is 1. The fourth-order valence-corrected chi connectivity index (χ4v) is 1.20. The van der Waals surface area contributed by atoms with Crippen molar-refractivity contribution in [1.82, 2.24) is 5.32 Å². The predicted molar refractivity (Wildman–Crippen MR) is 58.7 cm³/mol. The summed E-state index contributed by atoms with van der Waals surface area (Å²) in [4.78, 5) is 11.3. The van der Waals surface area contributed by atoms with Crippen molar-refractivity contribution in [3.8, 4) is 6.07 Å². The smallest absolute Gasteiger partial charge is 0.324 e. The van der Waals surface area contributed by atoms with Crippen molar-refractivity contribution < 1.29 is 18.0 Å². The normalized spacial score (nSPS) is 10.8. The quantitative estimate of drug-likeness (QED) is 0.862. The Balaban J connectivity index is 2.48. The van der Waals surface area contributed by atoms with Crippen molar-refractivity contribution in [2.75, 3.05) is 18.4 Å². The van der Waals surface area contributed by atoms with E-state index in [0.29, 0.717) is 0 Å². The monoisotopic (exact) mass is 257 g/mol. The van der Waals surface area contributed by atoms with Crippen LogP contribution in [0.4, 0.5) is 18.9 Å². The molecule has 0 spiro atoms. The zero-order valence-electron chi connectivity index (χ0n) is 9.21. The molecule has 0 radical (unpaired) electrons. The van der Waals surface area contributed by atoms with Crippen LogP contribution < -0.4 is 10.6 Å². The summed E-state index contributed by atoms with van der Waals surface area (Å²) in [6.07, 6.45) is -4.36. The molecule has 7 heteroatoms. The highest BCUT2D eigenvalue weighted by Crippen LogP contribution is 2.13. The fourth-order valence-electron chi connectivity index (χ4n) is 1.20. The SMILES string of the molecule is N#Cc1ccccc1NC(=O)CNCC(F)(F)F. The Morgan fingerprint density at radius 2 is 2.00 bits per heavy atom. The lowest BCUT2D eigenvalue weighted by molar-refractivity contribution is -0.126. The van der Waals surface area contributed by atoms with E-state index in [1.54, 1.807) is 12.1 Å². The van der Waals surface area contributed by atoms with E-state index in [1.165, 1.54) is 12.1 Å². The van der Waals surface area contributed by atoms with Gasteiger partial charge in [-0.3, -0.25) is 4.79 Å². The van der Waals surface area contributed by atoms with E-state index in [2.05, 4.69) is 5.32 Å². The zero-order valence-corrected chi connectivity index (χ0v) is 9.21. The molecule has 0 aromatic heterocycles. The van der Waals surface area contributed by atoms with Gasteiger partial charge in [-0.2, -0.15) is 18.4 Å². The number of benzene rings is 1. The molecule has 0 heterocycles. The van der Waals surface area contributed by atoms with Crippen LogP contribution in [0.5, 0.6) is 0 Å². The first kappa shape index (κ1) is 14.0. The molecule has 96 valence electrons. The summed E-state index contributed by atoms with van der Waals surface area (Å²) in [5, 5.41) is 13.1. The van der Waals surface area contributed by atoms with E-state index < -0.39 is 25.2 Å². The van der Waals surface area contributed by atoms with E-state index >= 15 is 0 Å². The summed E-state index contributed by atoms with van der Waals surface area (Å²) in [6, 6.07) is 8.10. The molecule has 0 unspecified atom stereocenters. The Kier molecular flexibility index (Phi) is 4.68. The molecule has 0 saturated carbocycles. The summed E-state index contributed by atoms with van der Waals surface area (Å²) in [7, 11) is 0. The first-order chi connectivity index (χ1) is 8.42. The third-order valence-electron chi connectivity index (χ3n) is 1.93. The van der Waals surface area contributed by atoms with E-state index in [0.717, 1.165) is 0 Å². The van der Waals surface area contributed by atoms with Crippen molar-refractivity contribution in [2.45, 2.75) is 6.18 Å². The highest BCUT2D eigenvalue weighted by atomic mass is 19.4. The lowest BCUT2D eigenvalue weighted by Crippen LogP contribution is -2.35. The second-order valence-electron chi connectivity index (χ2n) is 3.42. The van der Waals surface area contributed by atoms with E-state index in [1.807, 2.05) is 11.4 Å². The minimum absolute atomic E-state index is 0.252. The summed E-state index contributed by atoms with van der Waals surface area (Å²) in [6.45, 7) is -1.71. The minimum atomic E-state index is -4.36. The first-order valence-corrected chi connectivity index (χ1v) is 4.99. The average Bonchev–Trinajstić information content (AvgIpc) is 2.28. The standard InChI is InChI=1S/C11H10F3N3O/c12-11(13,14)7-16-6-10(18)17-9-4-2-1-3-8(9)5-15/h1-4,16H,6-7H2,(H,17,18). The van der Waals surface area contributed by atoms with Gasteiger partial charge in [-0.15, -0.1) is 0 Å². The van der Waals surface area contributed by atoms with Gasteiger partial charge in [0.05, 0.1) is 24.3 Å². The van der Waals surface area contributed by atoms with Crippen molar-refractivity contribution in [3.63, 3.8) is 0 Å². The highest BCUT2D eigenvalue weighted by molar-refractivity contribution is 5.93. The van der Waals surface area contributed by atoms with Crippen LogP contribution in [-0.2, 0) is 4.79 Å². The summed E-state index contributed by atoms with van der Waals surface area (Å²) in [5.74, 6) is -0.637. The third-order valence-corrected chi connectivity index (χ3v) is 1.93. The topological polar surface area (TPSA) is 64.9 Å². The molecule has 0 aliphatic carbocycles. The lowest BCUT2D eigenvalue weighted by Gasteiger charge is -2.09. The van der Waals surface area contributed by atoms with Gasteiger partial charge in [0.1, 0.15) is 6.07 Å². The van der Waals surface area contributed by atoms with Crippen LogP contribution in [0.15, 0.2) is 24.3 Å². The summed E-state index contributed by atoms with van der Waals surface area (Å²) < 4.78 is 35.4. The molecule has 0 aliphatic heterocycles. The molecule has 2 N–H and O–H groups in total. The van der Waals surface area contributed by atoms with Gasteiger partial charge in [-0.25, -0.2) is 0 Å². The number of hydrogen-bond donors (Lipinski definition) is 2. The van der Waals surface area contributed by atoms with Crippen molar-refractivity contribution >= 4 is 11.6 Å². The molecule has 4 nitrogen and oxygen atoms in total. The van der Waals surface area contributed by atoms with Crippen molar-refractivity contribution in [2.24, 2.45) is 0 Å². The second kappa shape index (κ2) is 6.02. The molecule has 18 heavy (non-hydrogen) atoms. The van der Waals surface area contributed by atoms with Crippen LogP contribution in [0.3, 0.4) is 0 Å². The van der Waals surface area contributed by atoms with E-state index in [9.17, 15) is 18.0 Å². The first-order valence-electron chi connectivity index (χ1n) is 4.99. The number of carbonyl (C=O) groups excluding carboxylic acids is 1. The number of nitrogens with zero attached hydrogens (tertiary/aromatic N) is 1. The maximum Gasteiger partial charge on any atom is 0.401 e. The molecule has 0 bridgehead atoms. The summed E-state index contributed by atoms with van der Waals surface area (Å²) >= 11 is 0. The molecule has 0 atom stereocenters. The molecule has 1 aromatic carbocycles. The van der Waals surface area contributed by atoms with Crippen LogP contribution >= 0.6 is 0 Å². The van der Waals surface area contributed by atoms with E-state index in [4.69, 9.17) is 5.26 Å². The van der Waals surface area contributed by atoms with Gasteiger partial charge in [0.15, 0.2) is 0 Å². The van der Waals surface area contributed by atoms with Gasteiger partial charge in [0.25, 0.3) is 0 Å². The predicted octanol–water partition coefficient (Wildman–Crippen LogP) is 1.65. The molecule has 1 aromatic rings. The van der Waals surface area contributed by atoms with Gasteiger partial charge >= 0.3 is 6.18 Å². The Morgan fingerprint density at radius 3 is 2.61 bits per heavy atom. The minimum Gasteiger partial charge on any atom is -0.324 e. The number of rotatable bonds is 4. The number of alkyl halides is 3. The third kappa shape index (κ3) is 4.84. The maximum atomic E-state index is 11.8. The molecule has 0 fully saturated rings. The fraction of sp³-hybridized carbons (Fsp3) is 0.273. The van der Waals surface area contributed by atoms with Crippen LogP contribution in [-0.4, -0.2) is 25.2 Å². The lowest BCUT2D eigenvalue weighted by atomic mass is 10.2. The number of hydrogen-bond acceptors (Lipinski definition) is 3. The molecule has 0 aliphatic rings. The summed E-state index contributed by atoms with van der Waals surface area (Å²) in [5.41, 5.74) is 0.528. The molecule has 1 rings (SSSR count). The molecule has 1 amide bonds. The van der Waals surface area contributed by atoms with Crippen molar-refractivity contribution in [1.29, 1.82) is 5.26 Å². The number of anilines is 1. The Hall–Kier alpha value is -2.07.